The van der Waals surface area contributed by atoms with Crippen molar-refractivity contribution in [2.24, 2.45) is 0 Å². The van der Waals surface area contributed by atoms with Crippen molar-refractivity contribution < 1.29 is 13.9 Å². The summed E-state index contributed by atoms with van der Waals surface area (Å²) in [4.78, 5) is 14.1. The average Bonchev–Trinajstić information content (AvgIpc) is 2.83. The molecule has 1 aromatic heterocycles. The van der Waals surface area contributed by atoms with Gasteiger partial charge in [-0.05, 0) is 16.9 Å². The van der Waals surface area contributed by atoms with Crippen LogP contribution in [0.15, 0.2) is 33.6 Å². The second-order valence-electron chi connectivity index (χ2n) is 4.99. The molecule has 1 aliphatic heterocycles. The Kier molecular flexibility index (Phi) is 3.66. The molecule has 0 saturated carbocycles. The van der Waals surface area contributed by atoms with Gasteiger partial charge in [0, 0.05) is 25.2 Å². The van der Waals surface area contributed by atoms with Crippen molar-refractivity contribution in [2.75, 3.05) is 26.3 Å². The molecular formula is C14H18N3O3+. The number of nitrogens with zero attached hydrogens (tertiary/aromatic N) is 2. The molecule has 0 atom stereocenters. The van der Waals surface area contributed by atoms with Gasteiger partial charge in [0.15, 0.2) is 0 Å². The second kappa shape index (κ2) is 5.60. The highest BCUT2D eigenvalue weighted by atomic mass is 16.5. The molecule has 6 nitrogen and oxygen atoms in total. The number of H-pyrrole nitrogens is 1. The Labute approximate surface area is 116 Å². The summed E-state index contributed by atoms with van der Waals surface area (Å²) in [6.07, 6.45) is 0. The molecule has 0 spiro atoms. The van der Waals surface area contributed by atoms with E-state index in [0.717, 1.165) is 18.8 Å². The van der Waals surface area contributed by atoms with E-state index in [1.165, 1.54) is 5.56 Å². The lowest BCUT2D eigenvalue weighted by Gasteiger charge is -2.24. The Hall–Kier alpha value is -1.92. The maximum Gasteiger partial charge on any atom is 0.431 e. The van der Waals surface area contributed by atoms with E-state index in [4.69, 9.17) is 9.26 Å². The topological polar surface area (TPSA) is 62.4 Å². The minimum Gasteiger partial charge on any atom is -0.379 e. The van der Waals surface area contributed by atoms with Crippen molar-refractivity contribution in [3.8, 4) is 5.69 Å². The summed E-state index contributed by atoms with van der Waals surface area (Å²) in [5.41, 5.74) is 2.35. The highest BCUT2D eigenvalue weighted by molar-refractivity contribution is 5.26. The van der Waals surface area contributed by atoms with Gasteiger partial charge in [0.2, 0.25) is 5.69 Å². The van der Waals surface area contributed by atoms with Gasteiger partial charge < -0.3 is 4.74 Å². The fraction of sp³-hybridized carbons (Fsp3) is 0.429. The third kappa shape index (κ3) is 2.66. The average molecular weight is 276 g/mol. The summed E-state index contributed by atoms with van der Waals surface area (Å²) in [6.45, 7) is 5.67. The maximum absolute atomic E-state index is 11.9. The summed E-state index contributed by atoms with van der Waals surface area (Å²) < 4.78 is 12.0. The van der Waals surface area contributed by atoms with Crippen LogP contribution < -0.4 is 10.3 Å². The Morgan fingerprint density at radius 2 is 1.95 bits per heavy atom. The first kappa shape index (κ1) is 13.1. The molecule has 106 valence electrons. The van der Waals surface area contributed by atoms with Gasteiger partial charge in [-0.25, -0.2) is 4.79 Å². The van der Waals surface area contributed by atoms with E-state index in [9.17, 15) is 4.79 Å². The summed E-state index contributed by atoms with van der Waals surface area (Å²) in [7, 11) is 0. The van der Waals surface area contributed by atoms with Gasteiger partial charge in [-0.1, -0.05) is 17.7 Å². The molecule has 0 radical (unpaired) electrons. The van der Waals surface area contributed by atoms with Crippen LogP contribution >= 0.6 is 0 Å². The van der Waals surface area contributed by atoms with Crippen LogP contribution in [0, 0.1) is 6.92 Å². The lowest BCUT2D eigenvalue weighted by Crippen LogP contribution is -2.44. The van der Waals surface area contributed by atoms with E-state index in [2.05, 4.69) is 10.2 Å². The number of aryl methyl sites for hydroxylation is 1. The standard InChI is InChI=1S/C14H17N3O3/c1-11-2-4-12(5-3-11)17-13(14(18)20-15-17)10-16-6-8-19-9-7-16/h2-5H,6-10H2,1H3/p+1. The summed E-state index contributed by atoms with van der Waals surface area (Å²) in [5, 5.41) is 2.67. The first-order chi connectivity index (χ1) is 9.74. The molecule has 0 unspecified atom stereocenters. The van der Waals surface area contributed by atoms with E-state index in [1.54, 1.807) is 4.68 Å². The van der Waals surface area contributed by atoms with E-state index in [-0.39, 0.29) is 5.63 Å². The zero-order chi connectivity index (χ0) is 13.9. The van der Waals surface area contributed by atoms with Gasteiger partial charge in [0.05, 0.1) is 19.8 Å². The third-order valence-corrected chi connectivity index (χ3v) is 3.50. The second-order valence-corrected chi connectivity index (χ2v) is 4.99. The smallest absolute Gasteiger partial charge is 0.379 e. The van der Waals surface area contributed by atoms with Crippen molar-refractivity contribution in [3.63, 3.8) is 0 Å². The van der Waals surface area contributed by atoms with Crippen molar-refractivity contribution >= 4 is 0 Å². The predicted molar refractivity (Wildman–Crippen MR) is 71.7 cm³/mol. The molecule has 6 heteroatoms. The van der Waals surface area contributed by atoms with Crippen LogP contribution in [0.25, 0.3) is 5.69 Å². The molecule has 0 bridgehead atoms. The molecule has 3 rings (SSSR count). The van der Waals surface area contributed by atoms with Crippen LogP contribution in [-0.4, -0.2) is 36.5 Å². The number of aromatic amines is 1. The summed E-state index contributed by atoms with van der Waals surface area (Å²) in [5.74, 6) is 0. The van der Waals surface area contributed by atoms with Crippen LogP contribution in [0.2, 0.25) is 0 Å². The van der Waals surface area contributed by atoms with Crippen molar-refractivity contribution in [1.29, 1.82) is 0 Å². The molecule has 1 aromatic carbocycles. The van der Waals surface area contributed by atoms with Gasteiger partial charge in [-0.15, -0.1) is 0 Å². The lowest BCUT2D eigenvalue weighted by molar-refractivity contribution is -0.678. The number of morpholine rings is 1. The molecule has 0 aliphatic carbocycles. The molecule has 20 heavy (non-hydrogen) atoms. The number of hydrogen-bond acceptors (Lipinski definition) is 4. The predicted octanol–water partition coefficient (Wildman–Crippen LogP) is 0.385. The van der Waals surface area contributed by atoms with E-state index >= 15 is 0 Å². The van der Waals surface area contributed by atoms with Crippen LogP contribution in [0.4, 0.5) is 0 Å². The SMILES string of the molecule is Cc1ccc(-[n+]2[nH]oc(=O)c2CN2CCOCC2)cc1. The third-order valence-electron chi connectivity index (χ3n) is 3.50. The first-order valence-electron chi connectivity index (χ1n) is 6.73. The largest absolute Gasteiger partial charge is 0.431 e. The number of rotatable bonds is 3. The molecule has 2 heterocycles. The van der Waals surface area contributed by atoms with Gasteiger partial charge in [0.25, 0.3) is 0 Å². The minimum absolute atomic E-state index is 0.322. The number of hydrogen-bond donors (Lipinski definition) is 1. The summed E-state index contributed by atoms with van der Waals surface area (Å²) >= 11 is 0. The zero-order valence-corrected chi connectivity index (χ0v) is 11.5. The molecule has 2 aromatic rings. The molecular weight excluding hydrogens is 258 g/mol. The quantitative estimate of drug-likeness (QED) is 0.824. The van der Waals surface area contributed by atoms with Gasteiger partial charge in [-0.2, -0.15) is 0 Å². The van der Waals surface area contributed by atoms with Gasteiger partial charge in [-0.3, -0.25) is 9.42 Å². The monoisotopic (exact) mass is 276 g/mol. The Morgan fingerprint density at radius 1 is 1.25 bits per heavy atom. The highest BCUT2D eigenvalue weighted by Gasteiger charge is 2.26. The molecule has 1 aliphatic rings. The summed E-state index contributed by atoms with van der Waals surface area (Å²) in [6, 6.07) is 7.94. The minimum atomic E-state index is -0.322. The Morgan fingerprint density at radius 3 is 2.65 bits per heavy atom. The van der Waals surface area contributed by atoms with Crippen LogP contribution in [0.5, 0.6) is 0 Å². The molecule has 1 N–H and O–H groups in total. The van der Waals surface area contributed by atoms with Crippen LogP contribution in [-0.2, 0) is 11.3 Å². The van der Waals surface area contributed by atoms with Crippen molar-refractivity contribution in [1.82, 2.24) is 10.2 Å². The van der Waals surface area contributed by atoms with Gasteiger partial charge in [0.1, 0.15) is 0 Å². The van der Waals surface area contributed by atoms with E-state index < -0.39 is 0 Å². The van der Waals surface area contributed by atoms with Crippen molar-refractivity contribution in [3.05, 3.63) is 45.9 Å². The van der Waals surface area contributed by atoms with Crippen LogP contribution in [0.1, 0.15) is 11.3 Å². The number of benzene rings is 1. The highest BCUT2D eigenvalue weighted by Crippen LogP contribution is 2.05. The lowest BCUT2D eigenvalue weighted by atomic mass is 10.2. The molecule has 1 saturated heterocycles. The Balaban J connectivity index is 1.88. The van der Waals surface area contributed by atoms with E-state index in [0.29, 0.717) is 25.5 Å². The van der Waals surface area contributed by atoms with Gasteiger partial charge >= 0.3 is 11.3 Å². The maximum atomic E-state index is 11.9. The Bertz CT molecular complexity index is 624. The molecule has 0 amide bonds. The van der Waals surface area contributed by atoms with Crippen molar-refractivity contribution in [2.45, 2.75) is 13.5 Å². The van der Waals surface area contributed by atoms with E-state index in [1.807, 2.05) is 31.2 Å². The number of ether oxygens (including phenoxy) is 1. The zero-order valence-electron chi connectivity index (χ0n) is 11.5. The van der Waals surface area contributed by atoms with Crippen LogP contribution in [0.3, 0.4) is 0 Å². The fourth-order valence-electron chi connectivity index (χ4n) is 2.30. The normalized spacial score (nSPS) is 16.4. The molecule has 1 fully saturated rings. The number of aromatic nitrogens is 2. The fourth-order valence-corrected chi connectivity index (χ4v) is 2.30. The first-order valence-corrected chi connectivity index (χ1v) is 6.73. The number of nitrogens with one attached hydrogen (secondary N) is 1.